The van der Waals surface area contributed by atoms with Crippen LogP contribution in [0.4, 0.5) is 0 Å². The van der Waals surface area contributed by atoms with E-state index in [4.69, 9.17) is 4.74 Å². The molecule has 1 heterocycles. The maximum absolute atomic E-state index is 5.09. The minimum absolute atomic E-state index is 0.368. The summed E-state index contributed by atoms with van der Waals surface area (Å²) in [7, 11) is 3.65. The number of hydrogen-bond donors (Lipinski definition) is 2. The molecule has 0 radical (unpaired) electrons. The average molecular weight is 324 g/mol. The van der Waals surface area contributed by atoms with Gasteiger partial charge in [0.1, 0.15) is 12.4 Å². The Balaban J connectivity index is 2.62. The van der Waals surface area contributed by atoms with Crippen molar-refractivity contribution >= 4 is 5.96 Å². The van der Waals surface area contributed by atoms with Gasteiger partial charge in [-0.2, -0.15) is 0 Å². The Morgan fingerprint density at radius 2 is 2.00 bits per heavy atom. The monoisotopic (exact) mass is 324 g/mol. The Morgan fingerprint density at radius 1 is 1.26 bits per heavy atom. The fourth-order valence-corrected chi connectivity index (χ4v) is 2.05. The predicted molar refractivity (Wildman–Crippen MR) is 93.4 cm³/mol. The van der Waals surface area contributed by atoms with E-state index in [1.807, 2.05) is 18.5 Å². The molecule has 2 N–H and O–H groups in total. The summed E-state index contributed by atoms with van der Waals surface area (Å²) >= 11 is 0. The molecule has 0 spiro atoms. The third kappa shape index (κ3) is 7.45. The van der Waals surface area contributed by atoms with Crippen molar-refractivity contribution in [3.8, 4) is 0 Å². The molecule has 0 bridgehead atoms. The van der Waals surface area contributed by atoms with Crippen LogP contribution in [0.5, 0.6) is 0 Å². The van der Waals surface area contributed by atoms with Gasteiger partial charge >= 0.3 is 0 Å². The van der Waals surface area contributed by atoms with E-state index in [0.29, 0.717) is 25.1 Å². The number of methoxy groups -OCH3 is 1. The molecule has 1 unspecified atom stereocenters. The van der Waals surface area contributed by atoms with Crippen LogP contribution in [0.2, 0.25) is 0 Å². The molecule has 132 valence electrons. The minimum atomic E-state index is 0.368. The molecule has 0 saturated carbocycles. The van der Waals surface area contributed by atoms with Crippen LogP contribution in [0.1, 0.15) is 45.3 Å². The van der Waals surface area contributed by atoms with E-state index in [2.05, 4.69) is 46.6 Å². The molecular formula is C16H32N6O. The van der Waals surface area contributed by atoms with Crippen LogP contribution in [-0.2, 0) is 18.3 Å². The first-order valence-corrected chi connectivity index (χ1v) is 8.32. The van der Waals surface area contributed by atoms with Crippen LogP contribution in [0.25, 0.3) is 0 Å². The average Bonchev–Trinajstić information content (AvgIpc) is 2.82. The highest BCUT2D eigenvalue weighted by Gasteiger charge is 2.08. The van der Waals surface area contributed by atoms with Gasteiger partial charge in [-0.25, -0.2) is 4.99 Å². The number of aliphatic imine (C=N–C) groups is 1. The van der Waals surface area contributed by atoms with Crippen molar-refractivity contribution in [2.24, 2.45) is 18.0 Å². The van der Waals surface area contributed by atoms with Crippen molar-refractivity contribution in [2.75, 3.05) is 20.3 Å². The van der Waals surface area contributed by atoms with Crippen LogP contribution in [0.3, 0.4) is 0 Å². The van der Waals surface area contributed by atoms with Crippen molar-refractivity contribution in [3.63, 3.8) is 0 Å². The fourth-order valence-electron chi connectivity index (χ4n) is 2.05. The first-order valence-electron chi connectivity index (χ1n) is 8.32. The van der Waals surface area contributed by atoms with Crippen molar-refractivity contribution in [3.05, 3.63) is 11.6 Å². The van der Waals surface area contributed by atoms with E-state index >= 15 is 0 Å². The Kier molecular flexibility index (Phi) is 8.61. The molecule has 0 amide bonds. The zero-order valence-electron chi connectivity index (χ0n) is 15.4. The standard InChI is InChI=1S/C16H32N6O/c1-12(2)7-8-13(3)19-16(17-9-10-23-6)18-11-15-21-20-14(4)22(15)5/h12-13H,7-11H2,1-6H3,(H2,17,18,19). The summed E-state index contributed by atoms with van der Waals surface area (Å²) in [5.74, 6) is 3.24. The smallest absolute Gasteiger partial charge is 0.191 e. The molecule has 1 aromatic rings. The third-order valence-electron chi connectivity index (χ3n) is 3.72. The quantitative estimate of drug-likeness (QED) is 0.410. The van der Waals surface area contributed by atoms with Gasteiger partial charge in [-0.05, 0) is 32.6 Å². The lowest BCUT2D eigenvalue weighted by Gasteiger charge is -2.19. The lowest BCUT2D eigenvalue weighted by molar-refractivity contribution is 0.203. The Morgan fingerprint density at radius 3 is 2.57 bits per heavy atom. The van der Waals surface area contributed by atoms with E-state index in [9.17, 15) is 0 Å². The third-order valence-corrected chi connectivity index (χ3v) is 3.72. The number of nitrogens with one attached hydrogen (secondary N) is 2. The van der Waals surface area contributed by atoms with Crippen molar-refractivity contribution in [1.82, 2.24) is 25.4 Å². The van der Waals surface area contributed by atoms with Gasteiger partial charge in [-0.3, -0.25) is 0 Å². The number of aryl methyl sites for hydroxylation is 1. The number of ether oxygens (including phenoxy) is 1. The first-order chi connectivity index (χ1) is 10.9. The number of rotatable bonds is 9. The maximum Gasteiger partial charge on any atom is 0.191 e. The lowest BCUT2D eigenvalue weighted by Crippen LogP contribution is -2.43. The summed E-state index contributed by atoms with van der Waals surface area (Å²) < 4.78 is 7.05. The summed E-state index contributed by atoms with van der Waals surface area (Å²) in [5.41, 5.74) is 0. The zero-order chi connectivity index (χ0) is 17.2. The Hall–Kier alpha value is -1.63. The number of guanidine groups is 1. The highest BCUT2D eigenvalue weighted by Crippen LogP contribution is 2.06. The van der Waals surface area contributed by atoms with E-state index in [1.54, 1.807) is 7.11 Å². The second-order valence-corrected chi connectivity index (χ2v) is 6.32. The van der Waals surface area contributed by atoms with Crippen LogP contribution in [-0.4, -0.2) is 47.0 Å². The van der Waals surface area contributed by atoms with Gasteiger partial charge in [-0.15, -0.1) is 10.2 Å². The van der Waals surface area contributed by atoms with Crippen LogP contribution in [0, 0.1) is 12.8 Å². The number of aromatic nitrogens is 3. The molecule has 0 aliphatic carbocycles. The number of nitrogens with zero attached hydrogens (tertiary/aromatic N) is 4. The molecule has 7 nitrogen and oxygen atoms in total. The molecule has 1 atom stereocenters. The van der Waals surface area contributed by atoms with Gasteiger partial charge in [0.2, 0.25) is 0 Å². The second kappa shape index (κ2) is 10.2. The van der Waals surface area contributed by atoms with E-state index in [0.717, 1.165) is 30.6 Å². The molecule has 0 saturated heterocycles. The van der Waals surface area contributed by atoms with E-state index < -0.39 is 0 Å². The van der Waals surface area contributed by atoms with Crippen molar-refractivity contribution in [2.45, 2.75) is 53.1 Å². The normalized spacial score (nSPS) is 13.4. The molecule has 0 aliphatic rings. The summed E-state index contributed by atoms with van der Waals surface area (Å²) in [5, 5.41) is 15.0. The lowest BCUT2D eigenvalue weighted by atomic mass is 10.0. The van der Waals surface area contributed by atoms with Gasteiger partial charge < -0.3 is 19.9 Å². The molecule has 7 heteroatoms. The molecule has 1 rings (SSSR count). The highest BCUT2D eigenvalue weighted by atomic mass is 16.5. The summed E-state index contributed by atoms with van der Waals surface area (Å²) in [6.45, 7) is 10.5. The van der Waals surface area contributed by atoms with Crippen molar-refractivity contribution in [1.29, 1.82) is 0 Å². The number of hydrogen-bond acceptors (Lipinski definition) is 4. The van der Waals surface area contributed by atoms with E-state index in [-0.39, 0.29) is 0 Å². The van der Waals surface area contributed by atoms with Crippen LogP contribution in [0.15, 0.2) is 4.99 Å². The minimum Gasteiger partial charge on any atom is -0.383 e. The summed E-state index contributed by atoms with van der Waals surface area (Å²) in [6.07, 6.45) is 2.31. The topological polar surface area (TPSA) is 76.4 Å². The van der Waals surface area contributed by atoms with Crippen LogP contribution >= 0.6 is 0 Å². The predicted octanol–water partition coefficient (Wildman–Crippen LogP) is 1.63. The van der Waals surface area contributed by atoms with Gasteiger partial charge in [-0.1, -0.05) is 13.8 Å². The SMILES string of the molecule is COCCNC(=NCc1nnc(C)n1C)NC(C)CCC(C)C. The van der Waals surface area contributed by atoms with Gasteiger partial charge in [0, 0.05) is 26.7 Å². The molecule has 0 aliphatic heterocycles. The largest absolute Gasteiger partial charge is 0.383 e. The molecular weight excluding hydrogens is 292 g/mol. The molecule has 1 aromatic heterocycles. The molecule has 23 heavy (non-hydrogen) atoms. The summed E-state index contributed by atoms with van der Waals surface area (Å²) in [6, 6.07) is 0.368. The highest BCUT2D eigenvalue weighted by molar-refractivity contribution is 5.80. The zero-order valence-corrected chi connectivity index (χ0v) is 15.4. The van der Waals surface area contributed by atoms with Crippen LogP contribution < -0.4 is 10.6 Å². The van der Waals surface area contributed by atoms with Crippen molar-refractivity contribution < 1.29 is 4.74 Å². The Bertz CT molecular complexity index is 483. The second-order valence-electron chi connectivity index (χ2n) is 6.32. The van der Waals surface area contributed by atoms with E-state index in [1.165, 1.54) is 6.42 Å². The van der Waals surface area contributed by atoms with Gasteiger partial charge in [0.05, 0.1) is 6.61 Å². The molecule has 0 fully saturated rings. The first kappa shape index (κ1) is 19.4. The fraction of sp³-hybridized carbons (Fsp3) is 0.812. The van der Waals surface area contributed by atoms with Gasteiger partial charge in [0.15, 0.2) is 11.8 Å². The van der Waals surface area contributed by atoms with Gasteiger partial charge in [0.25, 0.3) is 0 Å². The maximum atomic E-state index is 5.09. The Labute approximate surface area is 139 Å². The molecule has 0 aromatic carbocycles. The summed E-state index contributed by atoms with van der Waals surface area (Å²) in [4.78, 5) is 4.62.